The van der Waals surface area contributed by atoms with Crippen LogP contribution in [-0.2, 0) is 24.6 Å². The minimum Gasteiger partial charge on any atom is -0.508 e. The highest BCUT2D eigenvalue weighted by atomic mass is 35.5. The number of nitrogens with zero attached hydrogens (tertiary/aromatic N) is 3. The number of anilines is 2. The number of amides is 4. The fourth-order valence-electron chi connectivity index (χ4n) is 9.97. The fraction of sp³-hybridized carbons (Fsp3) is 0.196. The van der Waals surface area contributed by atoms with E-state index in [1.54, 1.807) is 60.7 Å². The molecule has 11 nitrogen and oxygen atoms in total. The van der Waals surface area contributed by atoms with E-state index in [0.717, 1.165) is 5.01 Å². The van der Waals surface area contributed by atoms with E-state index in [9.17, 15) is 23.9 Å². The number of allylic oxidation sites excluding steroid dienone is 2. The molecule has 6 atom stereocenters. The first-order valence-electron chi connectivity index (χ1n) is 19.2. The smallest absolute Gasteiger partial charge is 0.260 e. The van der Waals surface area contributed by atoms with Crippen LogP contribution < -0.4 is 15.1 Å². The van der Waals surface area contributed by atoms with Crippen LogP contribution in [0, 0.1) is 29.5 Å². The highest BCUT2D eigenvalue weighted by Gasteiger charge is 2.71. The van der Waals surface area contributed by atoms with E-state index in [2.05, 4.69) is 10.4 Å². The molecule has 3 fully saturated rings. The molecule has 1 saturated carbocycles. The molecule has 2 aliphatic heterocycles. The first kappa shape index (κ1) is 36.5. The zero-order valence-electron chi connectivity index (χ0n) is 31.3. The number of nitrogens with one attached hydrogen (secondary N) is 1. The Labute approximate surface area is 341 Å². The summed E-state index contributed by atoms with van der Waals surface area (Å²) in [5.74, 6) is -6.49. The van der Waals surface area contributed by atoms with Crippen LogP contribution in [0.3, 0.4) is 0 Å². The molecular formula is C46H34ClFN4O7. The van der Waals surface area contributed by atoms with Gasteiger partial charge in [-0.1, -0.05) is 53.6 Å². The zero-order valence-corrected chi connectivity index (χ0v) is 32.1. The van der Waals surface area contributed by atoms with Crippen molar-refractivity contribution in [2.45, 2.75) is 24.2 Å². The van der Waals surface area contributed by atoms with E-state index in [4.69, 9.17) is 20.8 Å². The Hall–Kier alpha value is -6.79. The number of phenolic OH excluding ortho intramolecular Hbond substituents is 1. The standard InChI is InChI=1S/C46H34ClFN4O7/c1-58-37-8-4-6-35(53)39(37)40-30-21-22-31-38(44(56)51(42(31)54)29-19-9-24(10-20-29)41-49-34-5-2-3-7-36(34)59-41)32(30)23-33-43(55)52(50-28-17-15-27(48)16-18-28)45(57)46(33,40)25-11-13-26(47)14-12-25/h2-21,31-33,38,40,50,53H,22-23H2,1H3. The van der Waals surface area contributed by atoms with Gasteiger partial charge in [0.15, 0.2) is 5.58 Å². The summed E-state index contributed by atoms with van der Waals surface area (Å²) in [6.07, 6.45) is 2.10. The van der Waals surface area contributed by atoms with Crippen LogP contribution in [0.5, 0.6) is 11.5 Å². The topological polar surface area (TPSA) is 142 Å². The first-order chi connectivity index (χ1) is 28.6. The van der Waals surface area contributed by atoms with E-state index >= 15 is 4.79 Å². The minimum atomic E-state index is -1.69. The van der Waals surface area contributed by atoms with E-state index in [1.807, 2.05) is 30.3 Å². The number of phenols is 1. The van der Waals surface area contributed by atoms with Gasteiger partial charge in [0.25, 0.3) is 11.8 Å². The van der Waals surface area contributed by atoms with Crippen molar-refractivity contribution in [3.63, 3.8) is 0 Å². The maximum atomic E-state index is 15.4. The molecule has 3 heterocycles. The van der Waals surface area contributed by atoms with Crippen LogP contribution >= 0.6 is 11.6 Å². The van der Waals surface area contributed by atoms with Gasteiger partial charge in [0, 0.05) is 22.1 Å². The summed E-state index contributed by atoms with van der Waals surface area (Å²) in [7, 11) is 1.45. The number of hydrogen-bond donors (Lipinski definition) is 2. The number of benzene rings is 5. The highest BCUT2D eigenvalue weighted by molar-refractivity contribution is 6.30. The number of hydrogen-bond acceptors (Lipinski definition) is 9. The molecule has 0 radical (unpaired) electrons. The van der Waals surface area contributed by atoms with Crippen LogP contribution in [0.2, 0.25) is 5.02 Å². The second kappa shape index (κ2) is 13.7. The lowest BCUT2D eigenvalue weighted by Crippen LogP contribution is -2.53. The molecule has 0 bridgehead atoms. The number of hydrazine groups is 1. The Balaban J connectivity index is 1.10. The van der Waals surface area contributed by atoms with E-state index in [1.165, 1.54) is 42.3 Å². The van der Waals surface area contributed by atoms with Gasteiger partial charge in [-0.05, 0) is 109 Å². The van der Waals surface area contributed by atoms with Crippen LogP contribution in [0.15, 0.2) is 131 Å². The maximum absolute atomic E-state index is 15.4. The van der Waals surface area contributed by atoms with Crippen LogP contribution in [0.1, 0.15) is 29.9 Å². The monoisotopic (exact) mass is 808 g/mol. The molecule has 4 aliphatic rings. The summed E-state index contributed by atoms with van der Waals surface area (Å²) in [6, 6.07) is 31.0. The van der Waals surface area contributed by atoms with Gasteiger partial charge in [-0.3, -0.25) is 29.5 Å². The molecule has 59 heavy (non-hydrogen) atoms. The molecular weight excluding hydrogens is 775 g/mol. The number of aromatic hydroxyl groups is 1. The third-order valence-electron chi connectivity index (χ3n) is 12.5. The van der Waals surface area contributed by atoms with Gasteiger partial charge in [0.05, 0.1) is 41.7 Å². The highest BCUT2D eigenvalue weighted by Crippen LogP contribution is 2.66. The lowest BCUT2D eigenvalue weighted by molar-refractivity contribution is -0.138. The van der Waals surface area contributed by atoms with Gasteiger partial charge in [0.2, 0.25) is 17.7 Å². The van der Waals surface area contributed by atoms with Crippen molar-refractivity contribution in [3.05, 3.63) is 149 Å². The number of ether oxygens (including phenoxy) is 1. The lowest BCUT2D eigenvalue weighted by Gasteiger charge is -2.50. The molecule has 4 amide bonds. The number of para-hydroxylation sites is 2. The molecule has 6 aromatic rings. The second-order valence-corrected chi connectivity index (χ2v) is 15.7. The maximum Gasteiger partial charge on any atom is 0.260 e. The quantitative estimate of drug-likeness (QED) is 0.121. The number of carbonyl (C=O) groups excluding carboxylic acids is 4. The van der Waals surface area contributed by atoms with Crippen molar-refractivity contribution in [2.75, 3.05) is 17.4 Å². The molecule has 294 valence electrons. The van der Waals surface area contributed by atoms with E-state index in [0.29, 0.717) is 50.1 Å². The van der Waals surface area contributed by atoms with E-state index < -0.39 is 58.5 Å². The Morgan fingerprint density at radius 1 is 0.864 bits per heavy atom. The van der Waals surface area contributed by atoms with Gasteiger partial charge in [-0.2, -0.15) is 5.01 Å². The summed E-state index contributed by atoms with van der Waals surface area (Å²) in [4.78, 5) is 65.3. The fourth-order valence-corrected chi connectivity index (χ4v) is 10.1. The summed E-state index contributed by atoms with van der Waals surface area (Å²) in [5.41, 5.74) is 5.26. The summed E-state index contributed by atoms with van der Waals surface area (Å²) in [5, 5.41) is 13.1. The molecule has 6 unspecified atom stereocenters. The third kappa shape index (κ3) is 5.42. The number of oxazole rings is 1. The molecule has 5 aromatic carbocycles. The Morgan fingerprint density at radius 3 is 2.34 bits per heavy atom. The Kier molecular flexibility index (Phi) is 8.46. The molecule has 2 aliphatic carbocycles. The minimum absolute atomic E-state index is 0.0255. The number of rotatable bonds is 7. The largest absolute Gasteiger partial charge is 0.508 e. The lowest BCUT2D eigenvalue weighted by atomic mass is 9.49. The zero-order chi connectivity index (χ0) is 40.7. The van der Waals surface area contributed by atoms with Crippen LogP contribution in [0.25, 0.3) is 22.6 Å². The molecule has 10 rings (SSSR count). The average molecular weight is 809 g/mol. The van der Waals surface area contributed by atoms with Crippen molar-refractivity contribution in [1.29, 1.82) is 0 Å². The summed E-state index contributed by atoms with van der Waals surface area (Å²) in [6.45, 7) is 0. The average Bonchev–Trinajstić information content (AvgIpc) is 3.86. The van der Waals surface area contributed by atoms with Crippen LogP contribution in [0.4, 0.5) is 15.8 Å². The Morgan fingerprint density at radius 2 is 1.61 bits per heavy atom. The van der Waals surface area contributed by atoms with Gasteiger partial charge in [0.1, 0.15) is 22.8 Å². The molecule has 13 heteroatoms. The molecule has 2 saturated heterocycles. The number of methoxy groups -OCH3 is 1. The number of fused-ring (bicyclic) bond motifs is 5. The predicted molar refractivity (Wildman–Crippen MR) is 216 cm³/mol. The molecule has 1 aromatic heterocycles. The summed E-state index contributed by atoms with van der Waals surface area (Å²) < 4.78 is 25.8. The van der Waals surface area contributed by atoms with Crippen molar-refractivity contribution in [2.24, 2.45) is 23.7 Å². The molecule has 2 N–H and O–H groups in total. The van der Waals surface area contributed by atoms with E-state index in [-0.39, 0.29) is 35.8 Å². The SMILES string of the molecule is COc1cccc(O)c1C1C2=CCC3C(=O)N(c4ccc(-c5nc6ccccc6o5)cc4)C(=O)C3C2CC2C(=O)N(Nc3ccc(F)cc3)C(=O)C21c1ccc(Cl)cc1. The van der Waals surface area contributed by atoms with Gasteiger partial charge in [-0.25, -0.2) is 9.37 Å². The third-order valence-corrected chi connectivity index (χ3v) is 12.7. The van der Waals surface area contributed by atoms with Gasteiger partial charge >= 0.3 is 0 Å². The van der Waals surface area contributed by atoms with Crippen LogP contribution in [-0.4, -0.2) is 45.8 Å². The van der Waals surface area contributed by atoms with Crippen molar-refractivity contribution in [3.8, 4) is 23.0 Å². The van der Waals surface area contributed by atoms with Gasteiger partial charge in [-0.15, -0.1) is 0 Å². The van der Waals surface area contributed by atoms with Crippen molar-refractivity contribution in [1.82, 2.24) is 9.99 Å². The Bertz CT molecular complexity index is 2720. The number of imide groups is 2. The summed E-state index contributed by atoms with van der Waals surface area (Å²) >= 11 is 6.39. The number of carbonyl (C=O) groups is 4. The number of aromatic nitrogens is 1. The second-order valence-electron chi connectivity index (χ2n) is 15.3. The normalized spacial score (nSPS) is 24.9. The van der Waals surface area contributed by atoms with Crippen molar-refractivity contribution < 1.29 is 37.8 Å². The molecule has 0 spiro atoms. The predicted octanol–water partition coefficient (Wildman–Crippen LogP) is 8.19. The number of halogens is 2. The van der Waals surface area contributed by atoms with Gasteiger partial charge < -0.3 is 14.3 Å². The first-order valence-corrected chi connectivity index (χ1v) is 19.5. The van der Waals surface area contributed by atoms with Crippen molar-refractivity contribution >= 4 is 57.7 Å².